The number of anilines is 2. The molecule has 1 saturated heterocycles. The van der Waals surface area contributed by atoms with E-state index in [1.54, 1.807) is 18.6 Å². The molecule has 9 nitrogen and oxygen atoms in total. The quantitative estimate of drug-likeness (QED) is 0.215. The Hall–Kier alpha value is -5.28. The van der Waals surface area contributed by atoms with Gasteiger partial charge in [-0.05, 0) is 61.3 Å². The highest BCUT2D eigenvalue weighted by Gasteiger charge is 2.24. The molecule has 2 N–H and O–H groups in total. The normalized spacial score (nSPS) is 14.0. The van der Waals surface area contributed by atoms with E-state index in [2.05, 4.69) is 71.8 Å². The van der Waals surface area contributed by atoms with Gasteiger partial charge in [0.25, 0.3) is 0 Å². The smallest absolute Gasteiger partial charge is 0.227 e. The summed E-state index contributed by atoms with van der Waals surface area (Å²) in [6.45, 7) is 2.94. The Morgan fingerprint density at radius 2 is 1.60 bits per heavy atom. The SMILES string of the molecule is c1ccc(-c2cnc(Nc3cccnc3)nc2-c2ccc(CN3CCC(c4nc(-c5ccccn5)n[nH]4)CC3)cc2)cc1. The van der Waals surface area contributed by atoms with Crippen molar-refractivity contribution in [3.05, 3.63) is 121 Å². The van der Waals surface area contributed by atoms with E-state index in [0.717, 1.165) is 72.1 Å². The van der Waals surface area contributed by atoms with Crippen LogP contribution in [0.25, 0.3) is 33.9 Å². The van der Waals surface area contributed by atoms with Gasteiger partial charge >= 0.3 is 0 Å². The summed E-state index contributed by atoms with van der Waals surface area (Å²) in [6, 6.07) is 28.6. The molecule has 0 spiro atoms. The van der Waals surface area contributed by atoms with Crippen LogP contribution in [0.4, 0.5) is 11.6 Å². The van der Waals surface area contributed by atoms with Crippen molar-refractivity contribution in [2.75, 3.05) is 18.4 Å². The van der Waals surface area contributed by atoms with Crippen LogP contribution in [-0.2, 0) is 6.54 Å². The molecule has 2 aromatic carbocycles. The van der Waals surface area contributed by atoms with Gasteiger partial charge in [-0.15, -0.1) is 0 Å². The van der Waals surface area contributed by atoms with E-state index in [1.165, 1.54) is 5.56 Å². The van der Waals surface area contributed by atoms with Gasteiger partial charge in [-0.1, -0.05) is 60.7 Å². The third-order valence-electron chi connectivity index (χ3n) is 7.80. The van der Waals surface area contributed by atoms with Gasteiger partial charge in [0, 0.05) is 42.2 Å². The van der Waals surface area contributed by atoms with Crippen molar-refractivity contribution in [1.82, 2.24) is 40.0 Å². The van der Waals surface area contributed by atoms with E-state index in [1.807, 2.05) is 54.7 Å². The standard InChI is InChI=1S/C34H31N9/c1-2-7-25(8-3-1)29-22-37-34(38-28-9-6-17-35-21-28)39-31(29)26-13-11-24(12-14-26)23-43-19-15-27(16-20-43)32-40-33(42-41-32)30-10-4-5-18-36-30/h1-14,17-18,21-22,27H,15-16,19-20,23H2,(H,37,38,39)(H,40,41,42). The first-order valence-corrected chi connectivity index (χ1v) is 14.5. The first kappa shape index (κ1) is 26.6. The number of nitrogens with zero attached hydrogens (tertiary/aromatic N) is 7. The topological polar surface area (TPSA) is 108 Å². The molecular formula is C34H31N9. The maximum atomic E-state index is 4.94. The molecule has 0 unspecified atom stereocenters. The van der Waals surface area contributed by atoms with E-state index in [4.69, 9.17) is 9.97 Å². The molecule has 5 heterocycles. The molecule has 1 aliphatic rings. The Labute approximate surface area is 250 Å². The summed E-state index contributed by atoms with van der Waals surface area (Å²) >= 11 is 0. The molecule has 4 aromatic heterocycles. The minimum Gasteiger partial charge on any atom is -0.323 e. The molecule has 212 valence electrons. The van der Waals surface area contributed by atoms with E-state index in [-0.39, 0.29) is 0 Å². The molecule has 0 saturated carbocycles. The van der Waals surface area contributed by atoms with Crippen LogP contribution in [0.15, 0.2) is 110 Å². The van der Waals surface area contributed by atoms with Gasteiger partial charge < -0.3 is 5.32 Å². The second-order valence-corrected chi connectivity index (χ2v) is 10.7. The highest BCUT2D eigenvalue weighted by molar-refractivity contribution is 5.81. The molecule has 0 amide bonds. The monoisotopic (exact) mass is 565 g/mol. The average molecular weight is 566 g/mol. The Morgan fingerprint density at radius 3 is 2.37 bits per heavy atom. The van der Waals surface area contributed by atoms with E-state index in [9.17, 15) is 0 Å². The maximum Gasteiger partial charge on any atom is 0.227 e. The molecule has 9 heteroatoms. The van der Waals surface area contributed by atoms with Crippen molar-refractivity contribution >= 4 is 11.6 Å². The lowest BCUT2D eigenvalue weighted by Gasteiger charge is -2.31. The number of H-pyrrole nitrogens is 1. The fraction of sp³-hybridized carbons (Fsp3) is 0.176. The molecule has 0 aliphatic carbocycles. The molecule has 1 aliphatic heterocycles. The number of aromatic amines is 1. The van der Waals surface area contributed by atoms with Crippen LogP contribution in [0.5, 0.6) is 0 Å². The fourth-order valence-corrected chi connectivity index (χ4v) is 5.51. The molecule has 0 atom stereocenters. The van der Waals surface area contributed by atoms with Crippen LogP contribution in [0.3, 0.4) is 0 Å². The molecule has 0 bridgehead atoms. The van der Waals surface area contributed by atoms with Crippen LogP contribution in [0.2, 0.25) is 0 Å². The number of nitrogens with one attached hydrogen (secondary N) is 2. The minimum absolute atomic E-state index is 0.382. The summed E-state index contributed by atoms with van der Waals surface area (Å²) in [5, 5.41) is 10.8. The van der Waals surface area contributed by atoms with Crippen molar-refractivity contribution in [2.24, 2.45) is 0 Å². The number of rotatable bonds is 8. The highest BCUT2D eigenvalue weighted by atomic mass is 15.2. The first-order chi connectivity index (χ1) is 21.3. The number of benzene rings is 2. The van der Waals surface area contributed by atoms with Crippen LogP contribution < -0.4 is 5.32 Å². The average Bonchev–Trinajstić information content (AvgIpc) is 3.57. The van der Waals surface area contributed by atoms with Gasteiger partial charge in [-0.3, -0.25) is 20.0 Å². The minimum atomic E-state index is 0.382. The molecule has 7 rings (SSSR count). The third-order valence-corrected chi connectivity index (χ3v) is 7.80. The predicted octanol–water partition coefficient (Wildman–Crippen LogP) is 6.51. The van der Waals surface area contributed by atoms with E-state index < -0.39 is 0 Å². The lowest BCUT2D eigenvalue weighted by molar-refractivity contribution is 0.202. The number of piperidine rings is 1. The number of hydrogen-bond donors (Lipinski definition) is 2. The Kier molecular flexibility index (Phi) is 7.61. The summed E-state index contributed by atoms with van der Waals surface area (Å²) in [7, 11) is 0. The largest absolute Gasteiger partial charge is 0.323 e. The number of hydrogen-bond acceptors (Lipinski definition) is 8. The maximum absolute atomic E-state index is 4.94. The molecular weight excluding hydrogens is 534 g/mol. The van der Waals surface area contributed by atoms with Gasteiger partial charge in [-0.25, -0.2) is 15.0 Å². The zero-order valence-corrected chi connectivity index (χ0v) is 23.6. The van der Waals surface area contributed by atoms with Gasteiger partial charge in [0.15, 0.2) is 5.82 Å². The molecule has 0 radical (unpaired) electrons. The zero-order valence-electron chi connectivity index (χ0n) is 23.6. The lowest BCUT2D eigenvalue weighted by Crippen LogP contribution is -2.32. The number of aromatic nitrogens is 7. The molecule has 1 fully saturated rings. The van der Waals surface area contributed by atoms with Crippen LogP contribution >= 0.6 is 0 Å². The summed E-state index contributed by atoms with van der Waals surface area (Å²) in [5.41, 5.74) is 6.93. The van der Waals surface area contributed by atoms with Gasteiger partial charge in [0.1, 0.15) is 11.5 Å². The first-order valence-electron chi connectivity index (χ1n) is 14.5. The van der Waals surface area contributed by atoms with Crippen molar-refractivity contribution in [3.8, 4) is 33.9 Å². The van der Waals surface area contributed by atoms with Crippen molar-refractivity contribution < 1.29 is 0 Å². The van der Waals surface area contributed by atoms with Gasteiger partial charge in [0.05, 0.1) is 17.6 Å². The fourth-order valence-electron chi connectivity index (χ4n) is 5.51. The van der Waals surface area contributed by atoms with Crippen molar-refractivity contribution in [1.29, 1.82) is 0 Å². The van der Waals surface area contributed by atoms with E-state index >= 15 is 0 Å². The Bertz CT molecular complexity index is 1760. The second kappa shape index (κ2) is 12.3. The summed E-state index contributed by atoms with van der Waals surface area (Å²) in [4.78, 5) is 25.4. The Balaban J connectivity index is 1.04. The van der Waals surface area contributed by atoms with Gasteiger partial charge in [-0.2, -0.15) is 5.10 Å². The highest BCUT2D eigenvalue weighted by Crippen LogP contribution is 2.32. The van der Waals surface area contributed by atoms with Crippen LogP contribution in [0, 0.1) is 0 Å². The van der Waals surface area contributed by atoms with E-state index in [0.29, 0.717) is 17.7 Å². The molecule has 43 heavy (non-hydrogen) atoms. The number of pyridine rings is 2. The lowest BCUT2D eigenvalue weighted by atomic mass is 9.95. The van der Waals surface area contributed by atoms with Crippen molar-refractivity contribution in [3.63, 3.8) is 0 Å². The van der Waals surface area contributed by atoms with Crippen LogP contribution in [0.1, 0.15) is 30.1 Å². The third kappa shape index (κ3) is 6.17. The Morgan fingerprint density at radius 1 is 0.767 bits per heavy atom. The zero-order chi connectivity index (χ0) is 28.8. The number of likely N-dealkylation sites (tertiary alicyclic amines) is 1. The summed E-state index contributed by atoms with van der Waals surface area (Å²) in [5.74, 6) is 2.54. The summed E-state index contributed by atoms with van der Waals surface area (Å²) in [6.07, 6.45) is 9.26. The predicted molar refractivity (Wildman–Crippen MR) is 167 cm³/mol. The van der Waals surface area contributed by atoms with Crippen LogP contribution in [-0.4, -0.2) is 53.1 Å². The van der Waals surface area contributed by atoms with Gasteiger partial charge in [0.2, 0.25) is 5.95 Å². The second-order valence-electron chi connectivity index (χ2n) is 10.7. The summed E-state index contributed by atoms with van der Waals surface area (Å²) < 4.78 is 0. The molecule has 6 aromatic rings. The van der Waals surface area contributed by atoms with Crippen molar-refractivity contribution in [2.45, 2.75) is 25.3 Å².